The lowest BCUT2D eigenvalue weighted by molar-refractivity contribution is -0.118. The van der Waals surface area contributed by atoms with Crippen LogP contribution in [0.15, 0.2) is 60.3 Å². The molecule has 1 heterocycles. The molecule has 6 nitrogen and oxygen atoms in total. The number of halogens is 3. The number of allylic oxidation sites excluding steroid dienone is 1. The number of aromatic nitrogens is 3. The third kappa shape index (κ3) is 6.72. The van der Waals surface area contributed by atoms with Gasteiger partial charge in [0.1, 0.15) is 18.2 Å². The van der Waals surface area contributed by atoms with E-state index in [4.69, 9.17) is 27.9 Å². The van der Waals surface area contributed by atoms with Crippen molar-refractivity contribution in [1.29, 1.82) is 0 Å². The minimum atomic E-state index is -0.517. The van der Waals surface area contributed by atoms with Crippen molar-refractivity contribution < 1.29 is 13.9 Å². The van der Waals surface area contributed by atoms with Crippen molar-refractivity contribution in [2.75, 3.05) is 5.75 Å². The zero-order chi connectivity index (χ0) is 22.2. The van der Waals surface area contributed by atoms with E-state index in [1.807, 2.05) is 12.1 Å². The summed E-state index contributed by atoms with van der Waals surface area (Å²) in [5, 5.41) is 12.3. The number of hydrogen-bond donors (Lipinski definition) is 1. The van der Waals surface area contributed by atoms with Crippen LogP contribution in [-0.4, -0.2) is 26.4 Å². The highest BCUT2D eigenvalue weighted by atomic mass is 35.5. The number of carbonyl (C=O) groups excluding carboxylic acids is 1. The summed E-state index contributed by atoms with van der Waals surface area (Å²) in [5.74, 6) is 0.487. The van der Waals surface area contributed by atoms with Gasteiger partial charge in [-0.05, 0) is 29.8 Å². The Labute approximate surface area is 193 Å². The van der Waals surface area contributed by atoms with Crippen LogP contribution >= 0.6 is 35.0 Å². The lowest BCUT2D eigenvalue weighted by Gasteiger charge is -2.10. The second-order valence-electron chi connectivity index (χ2n) is 6.35. The summed E-state index contributed by atoms with van der Waals surface area (Å²) in [6, 6.07) is 11.4. The van der Waals surface area contributed by atoms with Gasteiger partial charge in [0.2, 0.25) is 5.91 Å². The summed E-state index contributed by atoms with van der Waals surface area (Å²) in [6.07, 6.45) is 1.70. The van der Waals surface area contributed by atoms with Crippen LogP contribution in [0, 0.1) is 5.82 Å². The molecular formula is C21H19Cl2FN4O2S. The van der Waals surface area contributed by atoms with Crippen LogP contribution in [-0.2, 0) is 24.5 Å². The first-order valence-corrected chi connectivity index (χ1v) is 10.9. The maximum atomic E-state index is 13.3. The number of hydrogen-bond acceptors (Lipinski definition) is 5. The van der Waals surface area contributed by atoms with Crippen molar-refractivity contribution in [1.82, 2.24) is 20.1 Å². The Bertz CT molecular complexity index is 1060. The molecule has 0 radical (unpaired) electrons. The predicted molar refractivity (Wildman–Crippen MR) is 120 cm³/mol. The van der Waals surface area contributed by atoms with Crippen molar-refractivity contribution in [3.63, 3.8) is 0 Å². The van der Waals surface area contributed by atoms with Crippen molar-refractivity contribution in [2.45, 2.75) is 24.9 Å². The summed E-state index contributed by atoms with van der Waals surface area (Å²) < 4.78 is 20.7. The standard InChI is InChI=1S/C21H19Cl2FN4O2S/c1-2-9-28-19(12-30-16-7-8-18(24)17(23)10-16)26-27-21(28)31-13-20(29)25-11-14-3-5-15(22)6-4-14/h2-8,10H,1,9,11-13H2,(H,25,29). The molecule has 3 aromatic rings. The maximum absolute atomic E-state index is 13.3. The van der Waals surface area contributed by atoms with E-state index in [2.05, 4.69) is 22.1 Å². The lowest BCUT2D eigenvalue weighted by Crippen LogP contribution is -2.24. The molecule has 0 atom stereocenters. The Morgan fingerprint density at radius 2 is 2.00 bits per heavy atom. The second-order valence-corrected chi connectivity index (χ2v) is 8.14. The van der Waals surface area contributed by atoms with Gasteiger partial charge in [-0.2, -0.15) is 0 Å². The quantitative estimate of drug-likeness (QED) is 0.330. The molecule has 0 bridgehead atoms. The average Bonchev–Trinajstić information content (AvgIpc) is 3.14. The third-order valence-electron chi connectivity index (χ3n) is 4.10. The van der Waals surface area contributed by atoms with Gasteiger partial charge in [0.15, 0.2) is 11.0 Å². The SMILES string of the molecule is C=CCn1c(COc2ccc(F)c(Cl)c2)nnc1SCC(=O)NCc1ccc(Cl)cc1. The first-order valence-electron chi connectivity index (χ1n) is 9.21. The van der Waals surface area contributed by atoms with Gasteiger partial charge in [-0.3, -0.25) is 9.36 Å². The van der Waals surface area contributed by atoms with Gasteiger partial charge >= 0.3 is 0 Å². The summed E-state index contributed by atoms with van der Waals surface area (Å²) in [7, 11) is 0. The highest BCUT2D eigenvalue weighted by Crippen LogP contribution is 2.23. The molecule has 0 spiro atoms. The molecule has 0 aliphatic rings. The fourth-order valence-corrected chi connectivity index (χ4v) is 3.64. The van der Waals surface area contributed by atoms with Crippen molar-refractivity contribution in [2.24, 2.45) is 0 Å². The number of ether oxygens (including phenoxy) is 1. The van der Waals surface area contributed by atoms with E-state index in [0.717, 1.165) is 5.56 Å². The van der Waals surface area contributed by atoms with E-state index < -0.39 is 5.82 Å². The van der Waals surface area contributed by atoms with Gasteiger partial charge < -0.3 is 10.1 Å². The summed E-state index contributed by atoms with van der Waals surface area (Å²) >= 11 is 12.9. The topological polar surface area (TPSA) is 69.0 Å². The van der Waals surface area contributed by atoms with Crippen LogP contribution < -0.4 is 10.1 Å². The molecule has 0 fully saturated rings. The molecule has 10 heteroatoms. The van der Waals surface area contributed by atoms with E-state index in [0.29, 0.717) is 34.8 Å². The number of carbonyl (C=O) groups is 1. The molecule has 1 aromatic heterocycles. The number of nitrogens with one attached hydrogen (secondary N) is 1. The van der Waals surface area contributed by atoms with Crippen LogP contribution in [0.4, 0.5) is 4.39 Å². The zero-order valence-corrected chi connectivity index (χ0v) is 18.7. The highest BCUT2D eigenvalue weighted by molar-refractivity contribution is 7.99. The molecule has 0 aliphatic carbocycles. The smallest absolute Gasteiger partial charge is 0.230 e. The van der Waals surface area contributed by atoms with E-state index in [-0.39, 0.29) is 23.3 Å². The van der Waals surface area contributed by atoms with Crippen LogP contribution in [0.1, 0.15) is 11.4 Å². The van der Waals surface area contributed by atoms with Crippen molar-refractivity contribution in [3.8, 4) is 5.75 Å². The third-order valence-corrected chi connectivity index (χ3v) is 5.61. The average molecular weight is 481 g/mol. The Hall–Kier alpha value is -2.55. The number of nitrogens with zero attached hydrogens (tertiary/aromatic N) is 3. The highest BCUT2D eigenvalue weighted by Gasteiger charge is 2.14. The van der Waals surface area contributed by atoms with E-state index in [1.54, 1.807) is 22.8 Å². The summed E-state index contributed by atoms with van der Waals surface area (Å²) in [5.41, 5.74) is 0.956. The molecule has 31 heavy (non-hydrogen) atoms. The van der Waals surface area contributed by atoms with Crippen molar-refractivity contribution in [3.05, 3.63) is 82.4 Å². The predicted octanol–water partition coefficient (Wildman–Crippen LogP) is 4.90. The van der Waals surface area contributed by atoms with Crippen LogP contribution in [0.2, 0.25) is 10.0 Å². The van der Waals surface area contributed by atoms with Crippen LogP contribution in [0.5, 0.6) is 5.75 Å². The second kappa shape index (κ2) is 11.2. The van der Waals surface area contributed by atoms with Gasteiger partial charge in [-0.15, -0.1) is 16.8 Å². The van der Waals surface area contributed by atoms with Gasteiger partial charge in [0.05, 0.1) is 10.8 Å². The Balaban J connectivity index is 1.56. The van der Waals surface area contributed by atoms with Crippen LogP contribution in [0.3, 0.4) is 0 Å². The number of thioether (sulfide) groups is 1. The Morgan fingerprint density at radius 1 is 1.23 bits per heavy atom. The minimum absolute atomic E-state index is 0.0223. The molecule has 0 unspecified atom stereocenters. The minimum Gasteiger partial charge on any atom is -0.486 e. The van der Waals surface area contributed by atoms with Crippen molar-refractivity contribution >= 4 is 40.9 Å². The van der Waals surface area contributed by atoms with E-state index in [1.165, 1.54) is 30.0 Å². The van der Waals surface area contributed by atoms with Gasteiger partial charge in [-0.25, -0.2) is 4.39 Å². The Morgan fingerprint density at radius 3 is 2.71 bits per heavy atom. The first-order chi connectivity index (χ1) is 15.0. The monoisotopic (exact) mass is 480 g/mol. The summed E-state index contributed by atoms with van der Waals surface area (Å²) in [4.78, 5) is 12.2. The summed E-state index contributed by atoms with van der Waals surface area (Å²) in [6.45, 7) is 4.71. The van der Waals surface area contributed by atoms with E-state index >= 15 is 0 Å². The Kier molecular flexibility index (Phi) is 8.34. The molecule has 1 N–H and O–H groups in total. The largest absolute Gasteiger partial charge is 0.486 e. The first kappa shape index (κ1) is 23.1. The molecule has 3 rings (SSSR count). The number of amides is 1. The molecular weight excluding hydrogens is 462 g/mol. The van der Waals surface area contributed by atoms with Crippen LogP contribution in [0.25, 0.3) is 0 Å². The normalized spacial score (nSPS) is 10.7. The zero-order valence-electron chi connectivity index (χ0n) is 16.4. The molecule has 2 aromatic carbocycles. The molecule has 0 saturated heterocycles. The molecule has 162 valence electrons. The molecule has 1 amide bonds. The molecule has 0 saturated carbocycles. The maximum Gasteiger partial charge on any atom is 0.230 e. The fraction of sp³-hybridized carbons (Fsp3) is 0.190. The molecule has 0 aliphatic heterocycles. The number of rotatable bonds is 10. The van der Waals surface area contributed by atoms with Gasteiger partial charge in [0, 0.05) is 24.2 Å². The lowest BCUT2D eigenvalue weighted by atomic mass is 10.2. The van der Waals surface area contributed by atoms with Gasteiger partial charge in [0.25, 0.3) is 0 Å². The van der Waals surface area contributed by atoms with E-state index in [9.17, 15) is 9.18 Å². The fourth-order valence-electron chi connectivity index (χ4n) is 2.54. The number of benzene rings is 2. The van der Waals surface area contributed by atoms with Gasteiger partial charge in [-0.1, -0.05) is 53.2 Å².